The number of aromatic nitrogens is 2. The van der Waals surface area contributed by atoms with Gasteiger partial charge in [-0.3, -0.25) is 9.48 Å². The van der Waals surface area contributed by atoms with E-state index in [2.05, 4.69) is 14.8 Å². The maximum absolute atomic E-state index is 12.9. The van der Waals surface area contributed by atoms with Crippen molar-refractivity contribution in [2.75, 3.05) is 26.6 Å². The van der Waals surface area contributed by atoms with Crippen molar-refractivity contribution in [3.8, 4) is 11.5 Å². The molecule has 0 saturated carbocycles. The molecule has 10 nitrogen and oxygen atoms in total. The van der Waals surface area contributed by atoms with Gasteiger partial charge < -0.3 is 14.8 Å². The Labute approximate surface area is 168 Å². The van der Waals surface area contributed by atoms with Crippen LogP contribution in [0.2, 0.25) is 0 Å². The van der Waals surface area contributed by atoms with Gasteiger partial charge in [0.2, 0.25) is 0 Å². The van der Waals surface area contributed by atoms with E-state index in [1.165, 1.54) is 27.3 Å². The summed E-state index contributed by atoms with van der Waals surface area (Å²) in [5.41, 5.74) is 1.61. The summed E-state index contributed by atoms with van der Waals surface area (Å²) in [5, 5.41) is 6.87. The summed E-state index contributed by atoms with van der Waals surface area (Å²) in [7, 11) is 1.90. The Kier molecular flexibility index (Phi) is 5.33. The van der Waals surface area contributed by atoms with Gasteiger partial charge in [0.1, 0.15) is 5.70 Å². The van der Waals surface area contributed by atoms with Crippen LogP contribution in [0.5, 0.6) is 11.5 Å². The first-order chi connectivity index (χ1) is 13.7. The number of methoxy groups -OCH3 is 2. The molecule has 2 aromatic rings. The molecule has 3 rings (SSSR count). The minimum atomic E-state index is -4.07. The molecular formula is C18H21N5O5S. The third-order valence-electron chi connectivity index (χ3n) is 4.34. The summed E-state index contributed by atoms with van der Waals surface area (Å²) in [6, 6.07) is 4.84. The average molecular weight is 419 g/mol. The van der Waals surface area contributed by atoms with Gasteiger partial charge in [0.25, 0.3) is 5.91 Å². The predicted octanol–water partition coefficient (Wildman–Crippen LogP) is 1.25. The molecule has 154 valence electrons. The van der Waals surface area contributed by atoms with Crippen LogP contribution in [0.3, 0.4) is 0 Å². The second kappa shape index (κ2) is 7.59. The van der Waals surface area contributed by atoms with Crippen LogP contribution in [0, 0.1) is 6.92 Å². The van der Waals surface area contributed by atoms with E-state index in [0.717, 1.165) is 4.31 Å². The van der Waals surface area contributed by atoms with Crippen LogP contribution in [0.4, 0.5) is 5.69 Å². The third kappa shape index (κ3) is 3.94. The largest absolute Gasteiger partial charge is 0.493 e. The van der Waals surface area contributed by atoms with E-state index in [1.807, 2.05) is 0 Å². The van der Waals surface area contributed by atoms with Crippen molar-refractivity contribution in [1.82, 2.24) is 14.1 Å². The molecule has 0 radical (unpaired) electrons. The molecule has 29 heavy (non-hydrogen) atoms. The molecule has 0 bridgehead atoms. The molecule has 1 aromatic carbocycles. The molecule has 0 atom stereocenters. The number of rotatable bonds is 5. The average Bonchev–Trinajstić information content (AvgIpc) is 3.01. The fourth-order valence-electron chi connectivity index (χ4n) is 2.85. The number of carbonyl (C=O) groups is 1. The summed E-state index contributed by atoms with van der Waals surface area (Å²) in [6.45, 7) is 1.74. The Balaban J connectivity index is 1.96. The minimum absolute atomic E-state index is 0.0759. The first kappa shape index (κ1) is 20.4. The molecule has 1 N–H and O–H groups in total. The molecule has 0 aliphatic carbocycles. The van der Waals surface area contributed by atoms with Gasteiger partial charge in [-0.15, -0.1) is 4.40 Å². The lowest BCUT2D eigenvalue weighted by Crippen LogP contribution is -2.35. The third-order valence-corrected chi connectivity index (χ3v) is 5.65. The lowest BCUT2D eigenvalue weighted by molar-refractivity contribution is -0.113. The standard InChI is InChI=1S/C18H21N5O5S/c1-11-13(10-22(2)20-11)14-9-15(23(3)29(25,26)21-14)18(24)19-12-6-7-16(27-4)17(8-12)28-5/h6-10H,1-5H3,(H,19,24). The highest BCUT2D eigenvalue weighted by Crippen LogP contribution is 2.30. The molecule has 1 aliphatic rings. The molecule has 1 aliphatic heterocycles. The van der Waals surface area contributed by atoms with Crippen LogP contribution >= 0.6 is 0 Å². The minimum Gasteiger partial charge on any atom is -0.493 e. The first-order valence-corrected chi connectivity index (χ1v) is 9.90. The van der Waals surface area contributed by atoms with Crippen molar-refractivity contribution in [1.29, 1.82) is 0 Å². The summed E-state index contributed by atoms with van der Waals surface area (Å²) in [6.07, 6.45) is 3.07. The van der Waals surface area contributed by atoms with Gasteiger partial charge in [-0.1, -0.05) is 0 Å². The fourth-order valence-corrected chi connectivity index (χ4v) is 3.76. The number of carbonyl (C=O) groups excluding carboxylic acids is 1. The maximum atomic E-state index is 12.9. The van der Waals surface area contributed by atoms with E-state index >= 15 is 0 Å². The molecule has 0 unspecified atom stereocenters. The van der Waals surface area contributed by atoms with Gasteiger partial charge in [-0.05, 0) is 25.1 Å². The summed E-state index contributed by atoms with van der Waals surface area (Å²) < 4.78 is 41.6. The molecule has 0 spiro atoms. The van der Waals surface area contributed by atoms with Gasteiger partial charge >= 0.3 is 10.2 Å². The Bertz CT molecular complexity index is 1130. The van der Waals surface area contributed by atoms with E-state index in [4.69, 9.17) is 9.47 Å². The number of hydrogen-bond acceptors (Lipinski definition) is 6. The number of amides is 1. The van der Waals surface area contributed by atoms with Crippen LogP contribution in [-0.2, 0) is 22.1 Å². The molecule has 2 heterocycles. The number of nitrogens with one attached hydrogen (secondary N) is 1. The number of aryl methyl sites for hydroxylation is 2. The van der Waals surface area contributed by atoms with Crippen LogP contribution in [-0.4, -0.2) is 55.4 Å². The lowest BCUT2D eigenvalue weighted by atomic mass is 10.1. The highest BCUT2D eigenvalue weighted by Gasteiger charge is 2.31. The summed E-state index contributed by atoms with van der Waals surface area (Å²) >= 11 is 0. The molecular weight excluding hydrogens is 398 g/mol. The van der Waals surface area contributed by atoms with E-state index in [0.29, 0.717) is 28.4 Å². The monoisotopic (exact) mass is 419 g/mol. The van der Waals surface area contributed by atoms with Crippen molar-refractivity contribution in [3.05, 3.63) is 47.4 Å². The smallest absolute Gasteiger partial charge is 0.345 e. The number of benzene rings is 1. The zero-order chi connectivity index (χ0) is 21.3. The number of ether oxygens (including phenoxy) is 2. The number of nitrogens with zero attached hydrogens (tertiary/aromatic N) is 4. The van der Waals surface area contributed by atoms with Crippen molar-refractivity contribution < 1.29 is 22.7 Å². The second-order valence-electron chi connectivity index (χ2n) is 6.28. The van der Waals surface area contributed by atoms with Gasteiger partial charge in [0.05, 0.1) is 25.6 Å². The Morgan fingerprint density at radius 2 is 1.83 bits per heavy atom. The second-order valence-corrected chi connectivity index (χ2v) is 7.90. The number of likely N-dealkylation sites (N-methyl/N-ethyl adjacent to an activating group) is 1. The van der Waals surface area contributed by atoms with Gasteiger partial charge in [0.15, 0.2) is 11.5 Å². The molecule has 0 fully saturated rings. The summed E-state index contributed by atoms with van der Waals surface area (Å²) in [4.78, 5) is 12.9. The van der Waals surface area contributed by atoms with Crippen molar-refractivity contribution in [2.45, 2.75) is 6.92 Å². The fraction of sp³-hybridized carbons (Fsp3) is 0.278. The predicted molar refractivity (Wildman–Crippen MR) is 107 cm³/mol. The molecule has 11 heteroatoms. The Hall–Kier alpha value is -3.34. The van der Waals surface area contributed by atoms with E-state index in [-0.39, 0.29) is 11.4 Å². The van der Waals surface area contributed by atoms with Crippen LogP contribution in [0.1, 0.15) is 11.3 Å². The lowest BCUT2D eigenvalue weighted by Gasteiger charge is -2.23. The molecule has 1 aromatic heterocycles. The molecule has 0 saturated heterocycles. The first-order valence-electron chi connectivity index (χ1n) is 8.50. The highest BCUT2D eigenvalue weighted by molar-refractivity contribution is 7.88. The summed E-state index contributed by atoms with van der Waals surface area (Å²) in [5.74, 6) is 0.318. The van der Waals surface area contributed by atoms with Crippen LogP contribution < -0.4 is 14.8 Å². The topological polar surface area (TPSA) is 115 Å². The Morgan fingerprint density at radius 1 is 1.14 bits per heavy atom. The van der Waals surface area contributed by atoms with E-state index in [9.17, 15) is 13.2 Å². The SMILES string of the molecule is COc1ccc(NC(=O)C2=CC(c3cn(C)nc3C)=NS(=O)(=O)N2C)cc1OC. The quantitative estimate of drug-likeness (QED) is 0.780. The van der Waals surface area contributed by atoms with Gasteiger partial charge in [-0.25, -0.2) is 4.31 Å². The number of allylic oxidation sites excluding steroid dienone is 1. The van der Waals surface area contributed by atoms with E-state index < -0.39 is 16.1 Å². The molecule has 1 amide bonds. The maximum Gasteiger partial charge on any atom is 0.345 e. The highest BCUT2D eigenvalue weighted by atomic mass is 32.2. The number of anilines is 1. The van der Waals surface area contributed by atoms with Crippen LogP contribution in [0.25, 0.3) is 0 Å². The van der Waals surface area contributed by atoms with Crippen molar-refractivity contribution in [2.24, 2.45) is 11.4 Å². The zero-order valence-corrected chi connectivity index (χ0v) is 17.4. The van der Waals surface area contributed by atoms with Crippen molar-refractivity contribution >= 4 is 27.5 Å². The Morgan fingerprint density at radius 3 is 2.41 bits per heavy atom. The van der Waals surface area contributed by atoms with Crippen LogP contribution in [0.15, 0.2) is 40.6 Å². The van der Waals surface area contributed by atoms with Gasteiger partial charge in [-0.2, -0.15) is 13.5 Å². The van der Waals surface area contributed by atoms with Gasteiger partial charge in [0, 0.05) is 37.6 Å². The number of hydrogen-bond donors (Lipinski definition) is 1. The normalized spacial score (nSPS) is 15.4. The van der Waals surface area contributed by atoms with Crippen molar-refractivity contribution in [3.63, 3.8) is 0 Å². The van der Waals surface area contributed by atoms with E-state index in [1.54, 1.807) is 43.0 Å². The zero-order valence-electron chi connectivity index (χ0n) is 16.6.